The second-order valence-corrected chi connectivity index (χ2v) is 5.73. The van der Waals surface area contributed by atoms with E-state index in [0.717, 1.165) is 22.6 Å². The van der Waals surface area contributed by atoms with E-state index < -0.39 is 0 Å². The zero-order valence-corrected chi connectivity index (χ0v) is 13.6. The summed E-state index contributed by atoms with van der Waals surface area (Å²) in [4.78, 5) is 2.05. The first-order chi connectivity index (χ1) is 11.1. The summed E-state index contributed by atoms with van der Waals surface area (Å²) in [5, 5.41) is 17.9. The fraction of sp³-hybridized carbons (Fsp3) is 0.222. The van der Waals surface area contributed by atoms with Gasteiger partial charge in [0.15, 0.2) is 0 Å². The largest absolute Gasteiger partial charge is 0.390 e. The van der Waals surface area contributed by atoms with Gasteiger partial charge in [0, 0.05) is 25.3 Å². The molecule has 1 heterocycles. The molecule has 3 rings (SSSR count). The molecule has 23 heavy (non-hydrogen) atoms. The molecule has 0 aliphatic rings. The van der Waals surface area contributed by atoms with E-state index in [1.807, 2.05) is 74.4 Å². The van der Waals surface area contributed by atoms with E-state index in [0.29, 0.717) is 5.69 Å². The van der Waals surface area contributed by atoms with Gasteiger partial charge in [-0.1, -0.05) is 35.0 Å². The maximum Gasteiger partial charge on any atom is 0.117 e. The predicted molar refractivity (Wildman–Crippen MR) is 91.8 cm³/mol. The summed E-state index contributed by atoms with van der Waals surface area (Å²) in [7, 11) is 4.01. The van der Waals surface area contributed by atoms with Crippen LogP contribution in [0.4, 0.5) is 5.69 Å². The van der Waals surface area contributed by atoms with Crippen LogP contribution in [-0.2, 0) is 6.61 Å². The molecule has 0 saturated heterocycles. The first kappa shape index (κ1) is 15.2. The molecule has 3 aromatic rings. The first-order valence-corrected chi connectivity index (χ1v) is 7.50. The molecular weight excluding hydrogens is 288 g/mol. The van der Waals surface area contributed by atoms with Crippen molar-refractivity contribution in [1.82, 2.24) is 15.0 Å². The van der Waals surface area contributed by atoms with Crippen LogP contribution in [0.25, 0.3) is 16.9 Å². The molecule has 0 aliphatic carbocycles. The van der Waals surface area contributed by atoms with Crippen LogP contribution in [0.3, 0.4) is 0 Å². The Hall–Kier alpha value is -2.66. The van der Waals surface area contributed by atoms with E-state index >= 15 is 0 Å². The highest BCUT2D eigenvalue weighted by Crippen LogP contribution is 2.26. The predicted octanol–water partition coefficient (Wildman–Crippen LogP) is 2.80. The lowest BCUT2D eigenvalue weighted by molar-refractivity contribution is 0.277. The van der Waals surface area contributed by atoms with Gasteiger partial charge in [0.25, 0.3) is 0 Å². The molecule has 0 unspecified atom stereocenters. The van der Waals surface area contributed by atoms with Crippen molar-refractivity contribution in [3.05, 3.63) is 59.8 Å². The van der Waals surface area contributed by atoms with E-state index in [9.17, 15) is 5.11 Å². The smallest absolute Gasteiger partial charge is 0.117 e. The highest BCUT2D eigenvalue weighted by Gasteiger charge is 2.15. The van der Waals surface area contributed by atoms with Crippen molar-refractivity contribution in [3.8, 4) is 16.9 Å². The van der Waals surface area contributed by atoms with Crippen LogP contribution in [0.2, 0.25) is 0 Å². The Morgan fingerprint density at radius 3 is 2.22 bits per heavy atom. The van der Waals surface area contributed by atoms with Crippen molar-refractivity contribution in [3.63, 3.8) is 0 Å². The van der Waals surface area contributed by atoms with Gasteiger partial charge in [0.05, 0.1) is 12.3 Å². The van der Waals surface area contributed by atoms with Gasteiger partial charge in [-0.15, -0.1) is 5.10 Å². The molecule has 5 nitrogen and oxygen atoms in total. The van der Waals surface area contributed by atoms with Crippen LogP contribution in [0, 0.1) is 6.92 Å². The summed E-state index contributed by atoms with van der Waals surface area (Å²) < 4.78 is 1.77. The lowest BCUT2D eigenvalue weighted by Gasteiger charge is -2.13. The summed E-state index contributed by atoms with van der Waals surface area (Å²) in [6.07, 6.45) is 0. The molecule has 0 bridgehead atoms. The summed E-state index contributed by atoms with van der Waals surface area (Å²) in [5.74, 6) is 0. The number of benzene rings is 2. The van der Waals surface area contributed by atoms with Gasteiger partial charge >= 0.3 is 0 Å². The number of hydrogen-bond donors (Lipinski definition) is 1. The normalized spacial score (nSPS) is 10.8. The van der Waals surface area contributed by atoms with Gasteiger partial charge in [0.1, 0.15) is 11.4 Å². The number of rotatable bonds is 4. The molecule has 0 amide bonds. The third-order valence-corrected chi connectivity index (χ3v) is 3.83. The second-order valence-electron chi connectivity index (χ2n) is 5.73. The monoisotopic (exact) mass is 308 g/mol. The minimum atomic E-state index is -0.140. The molecule has 1 aromatic heterocycles. The molecule has 5 heteroatoms. The molecule has 2 aromatic carbocycles. The Labute approximate surface area is 135 Å². The molecule has 0 radical (unpaired) electrons. The van der Waals surface area contributed by atoms with Crippen LogP contribution < -0.4 is 4.90 Å². The zero-order valence-electron chi connectivity index (χ0n) is 13.6. The van der Waals surface area contributed by atoms with Crippen molar-refractivity contribution in [1.29, 1.82) is 0 Å². The Kier molecular flexibility index (Phi) is 4.12. The molecule has 0 aliphatic heterocycles. The number of aryl methyl sites for hydroxylation is 1. The molecule has 1 N–H and O–H groups in total. The van der Waals surface area contributed by atoms with Crippen molar-refractivity contribution >= 4 is 5.69 Å². The molecule has 0 spiro atoms. The van der Waals surface area contributed by atoms with Crippen LogP contribution in [0.1, 0.15) is 11.3 Å². The van der Waals surface area contributed by atoms with Crippen LogP contribution >= 0.6 is 0 Å². The standard InChI is InChI=1S/C18H20N4O/c1-13-4-6-14(7-5-13)18-17(12-23)19-20-22(18)16-10-8-15(9-11-16)21(2)3/h4-11,23H,12H2,1-3H3. The lowest BCUT2D eigenvalue weighted by atomic mass is 10.1. The van der Waals surface area contributed by atoms with Crippen molar-refractivity contribution in [2.45, 2.75) is 13.5 Å². The summed E-state index contributed by atoms with van der Waals surface area (Å²) >= 11 is 0. The van der Waals surface area contributed by atoms with Crippen molar-refractivity contribution < 1.29 is 5.11 Å². The highest BCUT2D eigenvalue weighted by atomic mass is 16.3. The topological polar surface area (TPSA) is 54.2 Å². The average molecular weight is 308 g/mol. The maximum absolute atomic E-state index is 9.59. The number of nitrogens with zero attached hydrogens (tertiary/aromatic N) is 4. The fourth-order valence-corrected chi connectivity index (χ4v) is 2.49. The number of aliphatic hydroxyl groups is 1. The van der Waals surface area contributed by atoms with Gasteiger partial charge in [-0.25, -0.2) is 4.68 Å². The average Bonchev–Trinajstić information content (AvgIpc) is 2.99. The van der Waals surface area contributed by atoms with Crippen molar-refractivity contribution in [2.75, 3.05) is 19.0 Å². The number of hydrogen-bond acceptors (Lipinski definition) is 4. The van der Waals surface area contributed by atoms with E-state index in [1.165, 1.54) is 5.56 Å². The first-order valence-electron chi connectivity index (χ1n) is 7.50. The highest BCUT2D eigenvalue weighted by molar-refractivity contribution is 5.65. The minimum Gasteiger partial charge on any atom is -0.390 e. The molecule has 0 atom stereocenters. The molecule has 118 valence electrons. The van der Waals surface area contributed by atoms with E-state index in [-0.39, 0.29) is 6.61 Å². The number of aliphatic hydroxyl groups excluding tert-OH is 1. The molecular formula is C18H20N4O. The molecule has 0 saturated carbocycles. The van der Waals surface area contributed by atoms with E-state index in [4.69, 9.17) is 0 Å². The summed E-state index contributed by atoms with van der Waals surface area (Å²) in [6.45, 7) is 1.91. The minimum absolute atomic E-state index is 0.140. The van der Waals surface area contributed by atoms with Gasteiger partial charge in [-0.3, -0.25) is 0 Å². The number of aromatic nitrogens is 3. The Morgan fingerprint density at radius 1 is 1.00 bits per heavy atom. The van der Waals surface area contributed by atoms with Gasteiger partial charge in [-0.05, 0) is 31.2 Å². The summed E-state index contributed by atoms with van der Waals surface area (Å²) in [6, 6.07) is 16.2. The SMILES string of the molecule is Cc1ccc(-c2c(CO)nnn2-c2ccc(N(C)C)cc2)cc1. The van der Waals surface area contributed by atoms with Crippen LogP contribution in [0.15, 0.2) is 48.5 Å². The third kappa shape index (κ3) is 2.96. The zero-order chi connectivity index (χ0) is 16.4. The van der Waals surface area contributed by atoms with Crippen LogP contribution in [-0.4, -0.2) is 34.2 Å². The Balaban J connectivity index is 2.09. The quantitative estimate of drug-likeness (QED) is 0.805. The fourth-order valence-electron chi connectivity index (χ4n) is 2.49. The second kappa shape index (κ2) is 6.22. The summed E-state index contributed by atoms with van der Waals surface area (Å²) in [5.41, 5.74) is 5.61. The Morgan fingerprint density at radius 2 is 1.65 bits per heavy atom. The molecule has 0 fully saturated rings. The lowest BCUT2D eigenvalue weighted by Crippen LogP contribution is -2.08. The van der Waals surface area contributed by atoms with E-state index in [2.05, 4.69) is 10.3 Å². The van der Waals surface area contributed by atoms with Gasteiger partial charge < -0.3 is 10.0 Å². The third-order valence-electron chi connectivity index (χ3n) is 3.83. The van der Waals surface area contributed by atoms with Crippen molar-refractivity contribution in [2.24, 2.45) is 0 Å². The van der Waals surface area contributed by atoms with Crippen LogP contribution in [0.5, 0.6) is 0 Å². The van der Waals surface area contributed by atoms with Gasteiger partial charge in [0.2, 0.25) is 0 Å². The number of anilines is 1. The van der Waals surface area contributed by atoms with E-state index in [1.54, 1.807) is 4.68 Å². The Bertz CT molecular complexity index is 789. The maximum atomic E-state index is 9.59. The van der Waals surface area contributed by atoms with Gasteiger partial charge in [-0.2, -0.15) is 0 Å².